The summed E-state index contributed by atoms with van der Waals surface area (Å²) in [6, 6.07) is 36.7. The van der Waals surface area contributed by atoms with Gasteiger partial charge in [0.05, 0.1) is 43.0 Å². The van der Waals surface area contributed by atoms with E-state index in [9.17, 15) is 5.11 Å². The molecule has 0 spiro atoms. The maximum atomic E-state index is 9.23. The number of benzene rings is 4. The third-order valence-electron chi connectivity index (χ3n) is 7.50. The van der Waals surface area contributed by atoms with Crippen molar-refractivity contribution in [2.45, 2.75) is 26.3 Å². The lowest BCUT2D eigenvalue weighted by atomic mass is 10.2. The number of aliphatic hydroxyl groups excluding tert-OH is 2. The summed E-state index contributed by atoms with van der Waals surface area (Å²) in [7, 11) is 0. The van der Waals surface area contributed by atoms with E-state index in [0.29, 0.717) is 29.5 Å². The molecule has 9 nitrogen and oxygen atoms in total. The van der Waals surface area contributed by atoms with Crippen molar-refractivity contribution in [3.8, 4) is 22.3 Å². The first-order chi connectivity index (χ1) is 22.7. The number of oxazole rings is 1. The molecule has 0 aliphatic heterocycles. The summed E-state index contributed by atoms with van der Waals surface area (Å²) in [5.74, 6) is 0.428. The van der Waals surface area contributed by atoms with Crippen LogP contribution in [0.1, 0.15) is 22.5 Å². The van der Waals surface area contributed by atoms with Crippen LogP contribution in [0.4, 0.5) is 0 Å². The molecule has 0 radical (unpaired) electrons. The highest BCUT2D eigenvalue weighted by Gasteiger charge is 2.17. The Morgan fingerprint density at radius 1 is 0.587 bits per heavy atom. The third kappa shape index (κ3) is 6.09. The monoisotopic (exact) mass is 626 g/mol. The molecule has 4 aromatic carbocycles. The van der Waals surface area contributed by atoms with Crippen LogP contribution >= 0.6 is 11.3 Å². The van der Waals surface area contributed by atoms with E-state index in [-0.39, 0.29) is 13.2 Å². The Kier molecular flexibility index (Phi) is 8.46. The molecular weight excluding hydrogens is 597 g/mol. The van der Waals surface area contributed by atoms with Gasteiger partial charge in [0.2, 0.25) is 5.89 Å². The number of para-hydroxylation sites is 2. The largest absolute Gasteiger partial charge is 0.443 e. The molecule has 0 aliphatic rings. The van der Waals surface area contributed by atoms with E-state index < -0.39 is 0 Å². The molecule has 0 saturated carbocycles. The molecule has 0 unspecified atom stereocenters. The van der Waals surface area contributed by atoms with Crippen molar-refractivity contribution < 1.29 is 14.6 Å². The molecule has 0 atom stereocenters. The third-order valence-corrected chi connectivity index (χ3v) is 8.40. The molecule has 0 aliphatic carbocycles. The molecule has 4 aromatic heterocycles. The Morgan fingerprint density at radius 3 is 1.65 bits per heavy atom. The second-order valence-corrected chi connectivity index (χ2v) is 11.5. The molecule has 10 heteroatoms. The smallest absolute Gasteiger partial charge is 0.247 e. The molecule has 2 N–H and O–H groups in total. The first kappa shape index (κ1) is 29.3. The van der Waals surface area contributed by atoms with Crippen molar-refractivity contribution >= 4 is 33.1 Å². The van der Waals surface area contributed by atoms with Crippen molar-refractivity contribution in [1.29, 1.82) is 0 Å². The predicted molar refractivity (Wildman–Crippen MR) is 179 cm³/mol. The van der Waals surface area contributed by atoms with Crippen LogP contribution in [0.15, 0.2) is 125 Å². The molecule has 0 fully saturated rings. The van der Waals surface area contributed by atoms with Crippen molar-refractivity contribution in [2.75, 3.05) is 0 Å². The van der Waals surface area contributed by atoms with Crippen LogP contribution in [0.2, 0.25) is 0 Å². The number of hydrogen-bond acceptors (Lipinski definition) is 8. The minimum absolute atomic E-state index is 0.0425. The highest BCUT2D eigenvalue weighted by molar-refractivity contribution is 7.13. The fraction of sp³-hybridized carbons (Fsp3) is 0.111. The van der Waals surface area contributed by atoms with Crippen molar-refractivity contribution in [3.63, 3.8) is 0 Å². The minimum Gasteiger partial charge on any atom is -0.443 e. The number of rotatable bonds is 8. The van der Waals surface area contributed by atoms with Crippen LogP contribution in [-0.2, 0) is 26.3 Å². The van der Waals surface area contributed by atoms with E-state index in [0.717, 1.165) is 39.1 Å². The topological polar surface area (TPSA) is 115 Å². The molecule has 228 valence electrons. The van der Waals surface area contributed by atoms with Gasteiger partial charge in [-0.15, -0.1) is 11.3 Å². The van der Waals surface area contributed by atoms with Crippen molar-refractivity contribution in [1.82, 2.24) is 29.5 Å². The van der Waals surface area contributed by atoms with E-state index in [4.69, 9.17) is 14.6 Å². The fourth-order valence-electron chi connectivity index (χ4n) is 5.30. The van der Waals surface area contributed by atoms with Gasteiger partial charge < -0.3 is 14.6 Å². The van der Waals surface area contributed by atoms with Crippen LogP contribution in [-0.4, -0.2) is 39.7 Å². The standard InChI is InChI=1S/C18H15N3O2.C18H15N3OS/c2*22-11-14-12-23-18(19-14)17-15-8-4-5-9-16(15)21(20-17)10-13-6-2-1-3-7-13/h2*1-9,12,22H,10-11H2. The summed E-state index contributed by atoms with van der Waals surface area (Å²) >= 11 is 1.51. The Balaban J connectivity index is 0.000000147. The van der Waals surface area contributed by atoms with Crippen LogP contribution in [0.3, 0.4) is 0 Å². The zero-order valence-corrected chi connectivity index (χ0v) is 25.6. The number of aliphatic hydroxyl groups is 2. The fourth-order valence-corrected chi connectivity index (χ4v) is 6.11. The first-order valence-corrected chi connectivity index (χ1v) is 15.7. The zero-order valence-electron chi connectivity index (χ0n) is 24.8. The normalized spacial score (nSPS) is 11.2. The Hall–Kier alpha value is -5.42. The summed E-state index contributed by atoms with van der Waals surface area (Å²) < 4.78 is 9.43. The average Bonchev–Trinajstić information content (AvgIpc) is 3.92. The average molecular weight is 627 g/mol. The first-order valence-electron chi connectivity index (χ1n) is 14.8. The maximum absolute atomic E-state index is 9.23. The van der Waals surface area contributed by atoms with Gasteiger partial charge in [0, 0.05) is 16.2 Å². The van der Waals surface area contributed by atoms with E-state index >= 15 is 0 Å². The molecule has 8 aromatic rings. The van der Waals surface area contributed by atoms with Crippen LogP contribution in [0.5, 0.6) is 0 Å². The quantitative estimate of drug-likeness (QED) is 0.188. The molecule has 4 heterocycles. The SMILES string of the molecule is OCc1coc(-c2nn(Cc3ccccc3)c3ccccc23)n1.OCc1csc(-c2nn(Cc3ccccc3)c3ccccc23)n1. The van der Waals surface area contributed by atoms with Gasteiger partial charge >= 0.3 is 0 Å². The van der Waals surface area contributed by atoms with Gasteiger partial charge in [-0.1, -0.05) is 97.1 Å². The Labute approximate surface area is 268 Å². The number of fused-ring (bicyclic) bond motifs is 2. The lowest BCUT2D eigenvalue weighted by Crippen LogP contribution is -2.01. The Morgan fingerprint density at radius 2 is 1.11 bits per heavy atom. The molecule has 8 rings (SSSR count). The highest BCUT2D eigenvalue weighted by atomic mass is 32.1. The summed E-state index contributed by atoms with van der Waals surface area (Å²) in [6.45, 7) is 1.21. The summed E-state index contributed by atoms with van der Waals surface area (Å²) in [5.41, 5.74) is 7.26. The number of thiazole rings is 1. The summed E-state index contributed by atoms with van der Waals surface area (Å²) in [5, 5.41) is 32.6. The molecule has 0 saturated heterocycles. The van der Waals surface area contributed by atoms with Crippen LogP contribution in [0.25, 0.3) is 44.1 Å². The minimum atomic E-state index is -0.147. The molecule has 46 heavy (non-hydrogen) atoms. The van der Waals surface area contributed by atoms with Gasteiger partial charge in [-0.05, 0) is 23.3 Å². The Bertz CT molecular complexity index is 2040. The second-order valence-electron chi connectivity index (χ2n) is 10.6. The van der Waals surface area contributed by atoms with Gasteiger partial charge in [0.1, 0.15) is 22.7 Å². The number of aromatic nitrogens is 6. The van der Waals surface area contributed by atoms with Crippen molar-refractivity contribution in [2.24, 2.45) is 0 Å². The van der Waals surface area contributed by atoms with Gasteiger partial charge in [0.15, 0.2) is 5.69 Å². The predicted octanol–water partition coefficient (Wildman–Crippen LogP) is 6.93. The number of nitrogens with zero attached hydrogens (tertiary/aromatic N) is 6. The molecule has 0 bridgehead atoms. The lowest BCUT2D eigenvalue weighted by Gasteiger charge is -2.03. The van der Waals surface area contributed by atoms with Gasteiger partial charge in [-0.25, -0.2) is 9.97 Å². The van der Waals surface area contributed by atoms with Gasteiger partial charge in [-0.2, -0.15) is 10.2 Å². The van der Waals surface area contributed by atoms with Gasteiger partial charge in [-0.3, -0.25) is 9.36 Å². The van der Waals surface area contributed by atoms with Gasteiger partial charge in [0.25, 0.3) is 0 Å². The summed E-state index contributed by atoms with van der Waals surface area (Å²) in [6.07, 6.45) is 1.46. The van der Waals surface area contributed by atoms with Crippen LogP contribution in [0, 0.1) is 0 Å². The van der Waals surface area contributed by atoms with E-state index in [1.54, 1.807) is 0 Å². The van der Waals surface area contributed by atoms with Crippen LogP contribution < -0.4 is 0 Å². The number of hydrogen-bond donors (Lipinski definition) is 2. The zero-order chi connectivity index (χ0) is 31.3. The summed E-state index contributed by atoms with van der Waals surface area (Å²) in [4.78, 5) is 8.74. The maximum Gasteiger partial charge on any atom is 0.247 e. The second kappa shape index (κ2) is 13.3. The lowest BCUT2D eigenvalue weighted by molar-refractivity contribution is 0.276. The van der Waals surface area contributed by atoms with E-state index in [1.165, 1.54) is 28.7 Å². The highest BCUT2D eigenvalue weighted by Crippen LogP contribution is 2.31. The van der Waals surface area contributed by atoms with Crippen molar-refractivity contribution in [3.05, 3.63) is 143 Å². The van der Waals surface area contributed by atoms with E-state index in [2.05, 4.69) is 51.5 Å². The van der Waals surface area contributed by atoms with E-state index in [1.807, 2.05) is 87.5 Å². The molecular formula is C36H30N6O3S. The molecule has 0 amide bonds.